The molecule has 0 N–H and O–H groups in total. The second kappa shape index (κ2) is 4.37. The first kappa shape index (κ1) is 8.48. The third-order valence-electron chi connectivity index (χ3n) is 1.42. The van der Waals surface area contributed by atoms with Crippen LogP contribution in [0.4, 0.5) is 0 Å². The maximum atomic E-state index is 3.52. The van der Waals surface area contributed by atoms with E-state index in [2.05, 4.69) is 36.7 Å². The van der Waals surface area contributed by atoms with E-state index in [9.17, 15) is 0 Å². The van der Waals surface area contributed by atoms with Crippen LogP contribution >= 0.6 is 15.9 Å². The fraction of sp³-hybridized carbons (Fsp3) is 1.00. The quantitative estimate of drug-likeness (QED) is 0.583. The van der Waals surface area contributed by atoms with Crippen molar-refractivity contribution < 1.29 is 0 Å². The normalized spacial score (nSPS) is 18.0. The summed E-state index contributed by atoms with van der Waals surface area (Å²) in [4.78, 5) is 0.692. The summed E-state index contributed by atoms with van der Waals surface area (Å²) in [6, 6.07) is 0. The lowest BCUT2D eigenvalue weighted by Gasteiger charge is -2.08. The molecule has 0 saturated carbocycles. The highest BCUT2D eigenvalue weighted by Gasteiger charge is 2.01. The molecular formula is C7H15Br. The molecule has 50 valence electrons. The second-order valence-electron chi connectivity index (χ2n) is 2.53. The summed E-state index contributed by atoms with van der Waals surface area (Å²) in [5, 5.41) is 0. The lowest BCUT2D eigenvalue weighted by molar-refractivity contribution is 0.519. The fourth-order valence-electron chi connectivity index (χ4n) is 0.721. The molecule has 0 aliphatic rings. The van der Waals surface area contributed by atoms with E-state index in [-0.39, 0.29) is 0 Å². The Kier molecular flexibility index (Phi) is 4.63. The Bertz CT molecular complexity index is 50.3. The van der Waals surface area contributed by atoms with E-state index >= 15 is 0 Å². The maximum absolute atomic E-state index is 3.52. The van der Waals surface area contributed by atoms with Crippen molar-refractivity contribution in [3.05, 3.63) is 0 Å². The first-order valence-electron chi connectivity index (χ1n) is 3.30. The van der Waals surface area contributed by atoms with Crippen LogP contribution in [-0.4, -0.2) is 4.83 Å². The summed E-state index contributed by atoms with van der Waals surface area (Å²) < 4.78 is 0. The van der Waals surface area contributed by atoms with E-state index in [1.165, 1.54) is 12.8 Å². The van der Waals surface area contributed by atoms with E-state index in [1.54, 1.807) is 0 Å². The van der Waals surface area contributed by atoms with Gasteiger partial charge in [-0.2, -0.15) is 0 Å². The molecule has 0 spiro atoms. The van der Waals surface area contributed by atoms with E-state index in [4.69, 9.17) is 0 Å². The summed E-state index contributed by atoms with van der Waals surface area (Å²) in [6.07, 6.45) is 2.60. The highest BCUT2D eigenvalue weighted by atomic mass is 79.9. The molecule has 0 fully saturated rings. The van der Waals surface area contributed by atoms with Crippen molar-refractivity contribution in [1.82, 2.24) is 0 Å². The highest BCUT2D eigenvalue weighted by Crippen LogP contribution is 2.14. The van der Waals surface area contributed by atoms with Gasteiger partial charge in [0.05, 0.1) is 0 Å². The van der Waals surface area contributed by atoms with Gasteiger partial charge >= 0.3 is 0 Å². The van der Waals surface area contributed by atoms with Crippen LogP contribution in [0.2, 0.25) is 0 Å². The van der Waals surface area contributed by atoms with Gasteiger partial charge in [0.15, 0.2) is 0 Å². The number of alkyl halides is 1. The highest BCUT2D eigenvalue weighted by molar-refractivity contribution is 9.09. The van der Waals surface area contributed by atoms with Gasteiger partial charge in [0.25, 0.3) is 0 Å². The van der Waals surface area contributed by atoms with Crippen molar-refractivity contribution in [1.29, 1.82) is 0 Å². The van der Waals surface area contributed by atoms with Crippen molar-refractivity contribution in [3.63, 3.8) is 0 Å². The zero-order valence-corrected chi connectivity index (χ0v) is 7.53. The van der Waals surface area contributed by atoms with Crippen LogP contribution in [0.15, 0.2) is 0 Å². The molecule has 0 bridgehead atoms. The molecule has 0 rings (SSSR count). The van der Waals surface area contributed by atoms with Gasteiger partial charge in [-0.1, -0.05) is 43.1 Å². The minimum Gasteiger partial charge on any atom is -0.0894 e. The Balaban J connectivity index is 3.10. The number of hydrogen-bond acceptors (Lipinski definition) is 0. The van der Waals surface area contributed by atoms with Gasteiger partial charge in [-0.05, 0) is 12.3 Å². The molecule has 0 nitrogen and oxygen atoms in total. The van der Waals surface area contributed by atoms with Gasteiger partial charge in [-0.3, -0.25) is 0 Å². The molecule has 0 aromatic rings. The molecule has 0 saturated heterocycles. The number of halogens is 1. The van der Waals surface area contributed by atoms with Crippen LogP contribution in [0.25, 0.3) is 0 Å². The lowest BCUT2D eigenvalue weighted by Crippen LogP contribution is -1.99. The van der Waals surface area contributed by atoms with Gasteiger partial charge in [0, 0.05) is 4.83 Å². The molecule has 0 radical (unpaired) electrons. The first-order valence-corrected chi connectivity index (χ1v) is 4.22. The third-order valence-corrected chi connectivity index (χ3v) is 1.80. The van der Waals surface area contributed by atoms with Crippen molar-refractivity contribution in [3.8, 4) is 0 Å². The van der Waals surface area contributed by atoms with Crippen LogP contribution in [-0.2, 0) is 0 Å². The molecule has 8 heavy (non-hydrogen) atoms. The fourth-order valence-corrected chi connectivity index (χ4v) is 1.36. The molecule has 0 aliphatic carbocycles. The lowest BCUT2D eigenvalue weighted by atomic mass is 10.0. The minimum atomic E-state index is 0.692. The summed E-state index contributed by atoms with van der Waals surface area (Å²) in [7, 11) is 0. The smallest absolute Gasteiger partial charge is 0.0120 e. The topological polar surface area (TPSA) is 0 Å². The molecule has 0 aromatic carbocycles. The van der Waals surface area contributed by atoms with Gasteiger partial charge in [-0.25, -0.2) is 0 Å². The predicted octanol–water partition coefficient (Wildman–Crippen LogP) is 3.21. The zero-order valence-electron chi connectivity index (χ0n) is 5.95. The minimum absolute atomic E-state index is 0.692. The summed E-state index contributed by atoms with van der Waals surface area (Å²) in [5.74, 6) is 0.879. The molecule has 0 aliphatic heterocycles. The SMILES string of the molecule is CCC(C)CC(C)Br. The summed E-state index contributed by atoms with van der Waals surface area (Å²) in [6.45, 7) is 6.73. The molecule has 0 aromatic heterocycles. The standard InChI is InChI=1S/C7H15Br/c1-4-6(2)5-7(3)8/h6-7H,4-5H2,1-3H3. The Labute approximate surface area is 60.8 Å². The zero-order chi connectivity index (χ0) is 6.57. The largest absolute Gasteiger partial charge is 0.0894 e. The Morgan fingerprint density at radius 2 is 1.88 bits per heavy atom. The average molecular weight is 179 g/mol. The Morgan fingerprint density at radius 3 is 2.00 bits per heavy atom. The van der Waals surface area contributed by atoms with Gasteiger partial charge < -0.3 is 0 Å². The molecule has 1 heteroatoms. The predicted molar refractivity (Wildman–Crippen MR) is 42.5 cm³/mol. The van der Waals surface area contributed by atoms with Gasteiger partial charge in [0.1, 0.15) is 0 Å². The third kappa shape index (κ3) is 4.63. The monoisotopic (exact) mass is 178 g/mol. The van der Waals surface area contributed by atoms with Gasteiger partial charge in [0.2, 0.25) is 0 Å². The molecule has 2 atom stereocenters. The number of hydrogen-bond donors (Lipinski definition) is 0. The molecule has 2 unspecified atom stereocenters. The molecule has 0 amide bonds. The van der Waals surface area contributed by atoms with Crippen LogP contribution < -0.4 is 0 Å². The van der Waals surface area contributed by atoms with E-state index in [1.807, 2.05) is 0 Å². The van der Waals surface area contributed by atoms with Crippen molar-refractivity contribution in [2.24, 2.45) is 5.92 Å². The average Bonchev–Trinajstić information content (AvgIpc) is 1.65. The van der Waals surface area contributed by atoms with Crippen LogP contribution in [0.1, 0.15) is 33.6 Å². The van der Waals surface area contributed by atoms with Crippen LogP contribution in [0.5, 0.6) is 0 Å². The maximum Gasteiger partial charge on any atom is 0.0120 e. The molecule has 0 heterocycles. The Hall–Kier alpha value is 0.480. The van der Waals surface area contributed by atoms with Crippen molar-refractivity contribution in [2.75, 3.05) is 0 Å². The van der Waals surface area contributed by atoms with Gasteiger partial charge in [-0.15, -0.1) is 0 Å². The van der Waals surface area contributed by atoms with Crippen molar-refractivity contribution >= 4 is 15.9 Å². The summed E-state index contributed by atoms with van der Waals surface area (Å²) >= 11 is 3.52. The van der Waals surface area contributed by atoms with Crippen LogP contribution in [0.3, 0.4) is 0 Å². The Morgan fingerprint density at radius 1 is 1.38 bits per heavy atom. The molecular weight excluding hydrogens is 164 g/mol. The van der Waals surface area contributed by atoms with Crippen molar-refractivity contribution in [2.45, 2.75) is 38.4 Å². The van der Waals surface area contributed by atoms with E-state index in [0.29, 0.717) is 4.83 Å². The number of rotatable bonds is 3. The second-order valence-corrected chi connectivity index (χ2v) is 4.09. The van der Waals surface area contributed by atoms with Crippen LogP contribution in [0, 0.1) is 5.92 Å². The van der Waals surface area contributed by atoms with E-state index < -0.39 is 0 Å². The van der Waals surface area contributed by atoms with E-state index in [0.717, 1.165) is 5.92 Å². The summed E-state index contributed by atoms with van der Waals surface area (Å²) in [5.41, 5.74) is 0. The first-order chi connectivity index (χ1) is 3.66.